The Kier molecular flexibility index (Phi) is 6.82. The van der Waals surface area contributed by atoms with Crippen LogP contribution in [0.4, 0.5) is 13.2 Å². The molecule has 152 valence electrons. The van der Waals surface area contributed by atoms with E-state index in [-0.39, 0.29) is 5.72 Å². The summed E-state index contributed by atoms with van der Waals surface area (Å²) >= 11 is 0. The molecule has 0 bridgehead atoms. The van der Waals surface area contributed by atoms with Gasteiger partial charge in [0, 0.05) is 13.1 Å². The molecule has 1 aromatic carbocycles. The zero-order chi connectivity index (χ0) is 19.3. The SMILES string of the molecule is CC1(OCc2ccccc2)CCCCN1CC1CCN(CC(F)(F)F)CC1. The fraction of sp³-hybridized carbons (Fsp3) is 0.714. The van der Waals surface area contributed by atoms with E-state index >= 15 is 0 Å². The summed E-state index contributed by atoms with van der Waals surface area (Å²) in [6, 6.07) is 10.2. The molecule has 27 heavy (non-hydrogen) atoms. The average Bonchev–Trinajstić information content (AvgIpc) is 2.63. The lowest BCUT2D eigenvalue weighted by atomic mass is 9.92. The van der Waals surface area contributed by atoms with Crippen LogP contribution < -0.4 is 0 Å². The number of piperidine rings is 2. The first-order valence-electron chi connectivity index (χ1n) is 10.1. The van der Waals surface area contributed by atoms with Gasteiger partial charge in [-0.15, -0.1) is 0 Å². The molecule has 1 atom stereocenters. The number of ether oxygens (including phenoxy) is 1. The molecule has 0 saturated carbocycles. The van der Waals surface area contributed by atoms with Crippen molar-refractivity contribution in [1.29, 1.82) is 0 Å². The molecule has 0 aliphatic carbocycles. The lowest BCUT2D eigenvalue weighted by Gasteiger charge is -2.47. The van der Waals surface area contributed by atoms with Crippen molar-refractivity contribution < 1.29 is 17.9 Å². The second-order valence-electron chi connectivity index (χ2n) is 8.19. The van der Waals surface area contributed by atoms with Crippen LogP contribution in [0.25, 0.3) is 0 Å². The normalized spacial score (nSPS) is 26.4. The van der Waals surface area contributed by atoms with E-state index in [9.17, 15) is 13.2 Å². The van der Waals surface area contributed by atoms with Gasteiger partial charge in [0.2, 0.25) is 0 Å². The van der Waals surface area contributed by atoms with Crippen molar-refractivity contribution >= 4 is 0 Å². The Balaban J connectivity index is 1.51. The van der Waals surface area contributed by atoms with Gasteiger partial charge in [-0.05, 0) is 63.6 Å². The van der Waals surface area contributed by atoms with Crippen LogP contribution in [0.5, 0.6) is 0 Å². The zero-order valence-corrected chi connectivity index (χ0v) is 16.2. The number of benzene rings is 1. The highest BCUT2D eigenvalue weighted by atomic mass is 19.4. The first-order valence-corrected chi connectivity index (χ1v) is 10.1. The van der Waals surface area contributed by atoms with Gasteiger partial charge in [0.05, 0.1) is 13.2 Å². The molecule has 0 spiro atoms. The number of hydrogen-bond donors (Lipinski definition) is 0. The monoisotopic (exact) mass is 384 g/mol. The number of nitrogens with zero attached hydrogens (tertiary/aromatic N) is 2. The number of likely N-dealkylation sites (tertiary alicyclic amines) is 2. The number of halogens is 3. The summed E-state index contributed by atoms with van der Waals surface area (Å²) in [6.07, 6.45) is 0.905. The molecule has 1 unspecified atom stereocenters. The first-order chi connectivity index (χ1) is 12.8. The summed E-state index contributed by atoms with van der Waals surface area (Å²) in [5, 5.41) is 0. The Hall–Kier alpha value is -1.11. The van der Waals surface area contributed by atoms with E-state index in [4.69, 9.17) is 4.74 Å². The maximum atomic E-state index is 12.6. The lowest BCUT2D eigenvalue weighted by Crippen LogP contribution is -2.54. The summed E-state index contributed by atoms with van der Waals surface area (Å²) in [6.45, 7) is 5.01. The molecule has 2 aliphatic heterocycles. The van der Waals surface area contributed by atoms with Crippen LogP contribution in [0.2, 0.25) is 0 Å². The molecule has 6 heteroatoms. The van der Waals surface area contributed by atoms with Gasteiger partial charge in [-0.3, -0.25) is 9.80 Å². The van der Waals surface area contributed by atoms with Crippen molar-refractivity contribution in [3.63, 3.8) is 0 Å². The fourth-order valence-corrected chi connectivity index (χ4v) is 4.30. The van der Waals surface area contributed by atoms with Gasteiger partial charge in [0.25, 0.3) is 0 Å². The van der Waals surface area contributed by atoms with Gasteiger partial charge in [-0.1, -0.05) is 30.3 Å². The smallest absolute Gasteiger partial charge is 0.356 e. The van der Waals surface area contributed by atoms with Crippen molar-refractivity contribution in [1.82, 2.24) is 9.80 Å². The van der Waals surface area contributed by atoms with Crippen LogP contribution in [-0.2, 0) is 11.3 Å². The third-order valence-corrected chi connectivity index (χ3v) is 5.97. The first kappa shape index (κ1) is 20.6. The van der Waals surface area contributed by atoms with E-state index in [2.05, 4.69) is 24.0 Å². The predicted molar refractivity (Wildman–Crippen MR) is 100 cm³/mol. The second-order valence-corrected chi connectivity index (χ2v) is 8.19. The Morgan fingerprint density at radius 1 is 1.07 bits per heavy atom. The molecular weight excluding hydrogens is 353 g/mol. The highest BCUT2D eigenvalue weighted by molar-refractivity contribution is 5.13. The Morgan fingerprint density at radius 2 is 1.78 bits per heavy atom. The van der Waals surface area contributed by atoms with Crippen LogP contribution in [0.3, 0.4) is 0 Å². The molecule has 0 aromatic heterocycles. The predicted octanol–water partition coefficient (Wildman–Crippen LogP) is 4.68. The van der Waals surface area contributed by atoms with Crippen molar-refractivity contribution in [2.75, 3.05) is 32.7 Å². The van der Waals surface area contributed by atoms with Gasteiger partial charge >= 0.3 is 6.18 Å². The van der Waals surface area contributed by atoms with Crippen molar-refractivity contribution in [3.05, 3.63) is 35.9 Å². The highest BCUT2D eigenvalue weighted by Crippen LogP contribution is 2.32. The third kappa shape index (κ3) is 6.19. The van der Waals surface area contributed by atoms with Crippen LogP contribution in [-0.4, -0.2) is 54.4 Å². The molecule has 2 heterocycles. The van der Waals surface area contributed by atoms with Crippen molar-refractivity contribution in [2.24, 2.45) is 5.92 Å². The molecule has 3 nitrogen and oxygen atoms in total. The molecule has 2 fully saturated rings. The Bertz CT molecular complexity index is 573. The van der Waals surface area contributed by atoms with Gasteiger partial charge in [-0.2, -0.15) is 13.2 Å². The van der Waals surface area contributed by atoms with Crippen molar-refractivity contribution in [3.8, 4) is 0 Å². The number of rotatable bonds is 6. The molecule has 3 rings (SSSR count). The highest BCUT2D eigenvalue weighted by Gasteiger charge is 2.38. The number of alkyl halides is 3. The van der Waals surface area contributed by atoms with Gasteiger partial charge in [0.15, 0.2) is 0 Å². The van der Waals surface area contributed by atoms with E-state index in [1.54, 1.807) is 0 Å². The number of hydrogen-bond acceptors (Lipinski definition) is 3. The van der Waals surface area contributed by atoms with Gasteiger partial charge < -0.3 is 4.74 Å². The van der Waals surface area contributed by atoms with E-state index in [0.717, 1.165) is 45.2 Å². The second kappa shape index (κ2) is 8.93. The van der Waals surface area contributed by atoms with E-state index in [1.807, 2.05) is 18.2 Å². The van der Waals surface area contributed by atoms with Crippen LogP contribution in [0.15, 0.2) is 30.3 Å². The van der Waals surface area contributed by atoms with E-state index < -0.39 is 12.7 Å². The lowest BCUT2D eigenvalue weighted by molar-refractivity contribution is -0.177. The van der Waals surface area contributed by atoms with Gasteiger partial charge in [-0.25, -0.2) is 0 Å². The standard InChI is InChI=1S/C21H31F3N2O/c1-20(27-16-19-7-3-2-4-8-19)11-5-6-12-26(20)15-18-9-13-25(14-10-18)17-21(22,23)24/h2-4,7-8,18H,5-6,9-17H2,1H3. The van der Waals surface area contributed by atoms with E-state index in [0.29, 0.717) is 25.6 Å². The molecule has 0 amide bonds. The maximum absolute atomic E-state index is 12.6. The molecule has 1 aromatic rings. The summed E-state index contributed by atoms with van der Waals surface area (Å²) < 4.78 is 44.1. The van der Waals surface area contributed by atoms with Crippen LogP contribution in [0, 0.1) is 5.92 Å². The molecule has 2 saturated heterocycles. The van der Waals surface area contributed by atoms with Crippen molar-refractivity contribution in [2.45, 2.75) is 57.5 Å². The minimum absolute atomic E-state index is 0.281. The topological polar surface area (TPSA) is 15.7 Å². The summed E-state index contributed by atoms with van der Waals surface area (Å²) in [5.41, 5.74) is 0.890. The van der Waals surface area contributed by atoms with Crippen LogP contribution >= 0.6 is 0 Å². The third-order valence-electron chi connectivity index (χ3n) is 5.97. The Labute approximate surface area is 160 Å². The maximum Gasteiger partial charge on any atom is 0.401 e. The minimum Gasteiger partial charge on any atom is -0.356 e. The minimum atomic E-state index is -4.09. The molecule has 0 N–H and O–H groups in total. The summed E-state index contributed by atoms with van der Waals surface area (Å²) in [4.78, 5) is 3.97. The largest absolute Gasteiger partial charge is 0.401 e. The Morgan fingerprint density at radius 3 is 2.44 bits per heavy atom. The molecule has 0 radical (unpaired) electrons. The molecular formula is C21H31F3N2O. The van der Waals surface area contributed by atoms with Gasteiger partial charge in [0.1, 0.15) is 5.72 Å². The zero-order valence-electron chi connectivity index (χ0n) is 16.2. The quantitative estimate of drug-likeness (QED) is 0.708. The average molecular weight is 384 g/mol. The van der Waals surface area contributed by atoms with E-state index in [1.165, 1.54) is 10.5 Å². The fourth-order valence-electron chi connectivity index (χ4n) is 4.30. The summed E-state index contributed by atoms with van der Waals surface area (Å²) in [5.74, 6) is 0.451. The molecule has 2 aliphatic rings. The van der Waals surface area contributed by atoms with Crippen LogP contribution in [0.1, 0.15) is 44.6 Å². The summed E-state index contributed by atoms with van der Waals surface area (Å²) in [7, 11) is 0.